The van der Waals surface area contributed by atoms with Crippen molar-refractivity contribution < 1.29 is 9.15 Å². The standard InChI is InChI=1S/C23H17N3O2/c1-27-20-5-2-16(3-6-20)18-4-7-23-25-13-22(26(23)14-18)17-8-10-24-21(12-17)19-9-11-28-15-19/h2-15H,1H3. The fourth-order valence-electron chi connectivity index (χ4n) is 3.31. The number of ether oxygens (including phenoxy) is 1. The molecule has 0 saturated heterocycles. The van der Waals surface area contributed by atoms with E-state index in [4.69, 9.17) is 9.15 Å². The molecule has 4 aromatic heterocycles. The number of methoxy groups -OCH3 is 1. The Bertz CT molecular complexity index is 1240. The third-order valence-corrected chi connectivity index (χ3v) is 4.80. The molecule has 5 rings (SSSR count). The molecule has 5 aromatic rings. The predicted octanol–water partition coefficient (Wildman–Crippen LogP) is 5.33. The van der Waals surface area contributed by atoms with E-state index in [1.54, 1.807) is 19.6 Å². The highest BCUT2D eigenvalue weighted by Gasteiger charge is 2.10. The summed E-state index contributed by atoms with van der Waals surface area (Å²) in [7, 11) is 1.67. The van der Waals surface area contributed by atoms with Crippen molar-refractivity contribution in [1.29, 1.82) is 0 Å². The van der Waals surface area contributed by atoms with Crippen molar-refractivity contribution in [2.75, 3.05) is 7.11 Å². The number of hydrogen-bond acceptors (Lipinski definition) is 4. The number of aromatic nitrogens is 3. The Kier molecular flexibility index (Phi) is 3.91. The van der Waals surface area contributed by atoms with E-state index in [-0.39, 0.29) is 0 Å². The smallest absolute Gasteiger partial charge is 0.137 e. The van der Waals surface area contributed by atoms with Crippen molar-refractivity contribution in [2.45, 2.75) is 0 Å². The molecule has 136 valence electrons. The van der Waals surface area contributed by atoms with Crippen LogP contribution < -0.4 is 4.74 Å². The first-order valence-corrected chi connectivity index (χ1v) is 8.92. The molecule has 0 fully saturated rings. The zero-order valence-corrected chi connectivity index (χ0v) is 15.2. The molecule has 5 heteroatoms. The van der Waals surface area contributed by atoms with Gasteiger partial charge in [0.15, 0.2) is 0 Å². The number of benzene rings is 1. The molecule has 0 radical (unpaired) electrons. The third-order valence-electron chi connectivity index (χ3n) is 4.80. The van der Waals surface area contributed by atoms with Crippen molar-refractivity contribution >= 4 is 5.65 Å². The molecule has 1 aromatic carbocycles. The van der Waals surface area contributed by atoms with E-state index < -0.39 is 0 Å². The fourth-order valence-corrected chi connectivity index (χ4v) is 3.31. The molecule has 0 aliphatic rings. The minimum absolute atomic E-state index is 0.844. The van der Waals surface area contributed by atoms with Gasteiger partial charge in [-0.25, -0.2) is 4.98 Å². The predicted molar refractivity (Wildman–Crippen MR) is 108 cm³/mol. The van der Waals surface area contributed by atoms with Gasteiger partial charge in [-0.05, 0) is 53.6 Å². The largest absolute Gasteiger partial charge is 0.497 e. The van der Waals surface area contributed by atoms with Crippen molar-refractivity contribution in [3.8, 4) is 39.4 Å². The van der Waals surface area contributed by atoms with Crippen molar-refractivity contribution in [3.05, 3.63) is 85.7 Å². The van der Waals surface area contributed by atoms with Crippen LogP contribution in [0, 0.1) is 0 Å². The Morgan fingerprint density at radius 3 is 2.50 bits per heavy atom. The molecule has 0 saturated carbocycles. The van der Waals surface area contributed by atoms with Crippen molar-refractivity contribution in [1.82, 2.24) is 14.4 Å². The summed E-state index contributed by atoms with van der Waals surface area (Å²) in [6.07, 6.45) is 9.16. The first-order valence-electron chi connectivity index (χ1n) is 8.92. The molecular formula is C23H17N3O2. The van der Waals surface area contributed by atoms with Crippen LogP contribution in [0.25, 0.3) is 39.3 Å². The van der Waals surface area contributed by atoms with E-state index in [0.717, 1.165) is 45.0 Å². The van der Waals surface area contributed by atoms with Gasteiger partial charge < -0.3 is 9.15 Å². The van der Waals surface area contributed by atoms with E-state index in [9.17, 15) is 0 Å². The Labute approximate surface area is 161 Å². The number of furan rings is 1. The number of imidazole rings is 1. The topological polar surface area (TPSA) is 52.6 Å². The minimum atomic E-state index is 0.844. The lowest BCUT2D eigenvalue weighted by Crippen LogP contribution is -1.91. The van der Waals surface area contributed by atoms with Crippen LogP contribution in [-0.2, 0) is 0 Å². The van der Waals surface area contributed by atoms with Gasteiger partial charge >= 0.3 is 0 Å². The summed E-state index contributed by atoms with van der Waals surface area (Å²) in [5.41, 5.74) is 7.01. The lowest BCUT2D eigenvalue weighted by atomic mass is 10.1. The van der Waals surface area contributed by atoms with Crippen LogP contribution in [0.4, 0.5) is 0 Å². The fraction of sp³-hybridized carbons (Fsp3) is 0.0435. The van der Waals surface area contributed by atoms with E-state index >= 15 is 0 Å². The van der Waals surface area contributed by atoms with Gasteiger partial charge in [0.25, 0.3) is 0 Å². The summed E-state index contributed by atoms with van der Waals surface area (Å²) in [5.74, 6) is 0.844. The second-order valence-corrected chi connectivity index (χ2v) is 6.46. The van der Waals surface area contributed by atoms with Gasteiger partial charge in [0.2, 0.25) is 0 Å². The maximum atomic E-state index is 5.25. The Hall–Kier alpha value is -3.86. The summed E-state index contributed by atoms with van der Waals surface area (Å²) in [6.45, 7) is 0. The second-order valence-electron chi connectivity index (χ2n) is 6.46. The quantitative estimate of drug-likeness (QED) is 0.431. The molecule has 0 bridgehead atoms. The van der Waals surface area contributed by atoms with Crippen molar-refractivity contribution in [3.63, 3.8) is 0 Å². The van der Waals surface area contributed by atoms with Crippen LogP contribution in [0.5, 0.6) is 5.75 Å². The lowest BCUT2D eigenvalue weighted by Gasteiger charge is -2.07. The number of fused-ring (bicyclic) bond motifs is 1. The zero-order chi connectivity index (χ0) is 18.9. The highest BCUT2D eigenvalue weighted by Crippen LogP contribution is 2.28. The van der Waals surface area contributed by atoms with Gasteiger partial charge in [-0.15, -0.1) is 0 Å². The number of rotatable bonds is 4. The van der Waals surface area contributed by atoms with Gasteiger partial charge in [-0.1, -0.05) is 12.1 Å². The van der Waals surface area contributed by atoms with Crippen LogP contribution in [0.1, 0.15) is 0 Å². The molecule has 0 aliphatic heterocycles. The number of nitrogens with zero attached hydrogens (tertiary/aromatic N) is 3. The Morgan fingerprint density at radius 2 is 1.71 bits per heavy atom. The molecule has 28 heavy (non-hydrogen) atoms. The molecular weight excluding hydrogens is 350 g/mol. The normalized spacial score (nSPS) is 11.0. The van der Waals surface area contributed by atoms with Crippen LogP contribution in [-0.4, -0.2) is 21.5 Å². The van der Waals surface area contributed by atoms with E-state index in [2.05, 4.69) is 38.8 Å². The van der Waals surface area contributed by atoms with Gasteiger partial charge in [0.05, 0.1) is 37.2 Å². The zero-order valence-electron chi connectivity index (χ0n) is 15.2. The number of pyridine rings is 2. The second kappa shape index (κ2) is 6.70. The highest BCUT2D eigenvalue weighted by molar-refractivity contribution is 5.72. The Balaban J connectivity index is 1.60. The van der Waals surface area contributed by atoms with E-state index in [1.807, 2.05) is 48.8 Å². The van der Waals surface area contributed by atoms with Gasteiger partial charge in [0.1, 0.15) is 11.4 Å². The molecule has 0 aliphatic carbocycles. The molecule has 5 nitrogen and oxygen atoms in total. The summed E-state index contributed by atoms with van der Waals surface area (Å²) in [5, 5.41) is 0. The van der Waals surface area contributed by atoms with Crippen LogP contribution in [0.15, 0.2) is 90.1 Å². The SMILES string of the molecule is COc1ccc(-c2ccc3ncc(-c4ccnc(-c5ccoc5)c4)n3c2)cc1. The third kappa shape index (κ3) is 2.83. The summed E-state index contributed by atoms with van der Waals surface area (Å²) in [4.78, 5) is 9.01. The maximum absolute atomic E-state index is 5.25. The van der Waals surface area contributed by atoms with E-state index in [1.165, 1.54) is 0 Å². The minimum Gasteiger partial charge on any atom is -0.497 e. The first kappa shape index (κ1) is 16.3. The van der Waals surface area contributed by atoms with Crippen LogP contribution in [0.3, 0.4) is 0 Å². The monoisotopic (exact) mass is 367 g/mol. The van der Waals surface area contributed by atoms with Crippen LogP contribution in [0.2, 0.25) is 0 Å². The average molecular weight is 367 g/mol. The van der Waals surface area contributed by atoms with Crippen LogP contribution >= 0.6 is 0 Å². The average Bonchev–Trinajstić information content (AvgIpc) is 3.44. The molecule has 4 heterocycles. The summed E-state index contributed by atoms with van der Waals surface area (Å²) in [6, 6.07) is 18.1. The Morgan fingerprint density at radius 1 is 0.857 bits per heavy atom. The van der Waals surface area contributed by atoms with Gasteiger partial charge in [-0.3, -0.25) is 9.38 Å². The molecule has 0 spiro atoms. The molecule has 0 atom stereocenters. The molecule has 0 unspecified atom stereocenters. The van der Waals surface area contributed by atoms with Gasteiger partial charge in [-0.2, -0.15) is 0 Å². The molecule has 0 N–H and O–H groups in total. The van der Waals surface area contributed by atoms with Crippen molar-refractivity contribution in [2.24, 2.45) is 0 Å². The number of hydrogen-bond donors (Lipinski definition) is 0. The van der Waals surface area contributed by atoms with Gasteiger partial charge in [0, 0.05) is 23.5 Å². The summed E-state index contributed by atoms with van der Waals surface area (Å²) < 4.78 is 12.5. The molecule has 0 amide bonds. The first-order chi connectivity index (χ1) is 13.8. The lowest BCUT2D eigenvalue weighted by molar-refractivity contribution is 0.415. The summed E-state index contributed by atoms with van der Waals surface area (Å²) >= 11 is 0. The highest BCUT2D eigenvalue weighted by atomic mass is 16.5. The maximum Gasteiger partial charge on any atom is 0.137 e. The van der Waals surface area contributed by atoms with E-state index in [0.29, 0.717) is 0 Å².